The normalized spacial score (nSPS) is 30.3. The first-order valence-corrected chi connectivity index (χ1v) is 12.4. The van der Waals surface area contributed by atoms with Crippen LogP contribution in [0.5, 0.6) is 0 Å². The second-order valence-electron chi connectivity index (χ2n) is 8.42. The van der Waals surface area contributed by atoms with Crippen LogP contribution in [-0.4, -0.2) is 11.8 Å². The Hall–Kier alpha value is -1.76. The van der Waals surface area contributed by atoms with Gasteiger partial charge in [-0.2, -0.15) is 0 Å². The largest absolute Gasteiger partial charge is 0.274 e. The number of carbonyl (C=O) groups is 2. The fourth-order valence-electron chi connectivity index (χ4n) is 5.64. The summed E-state index contributed by atoms with van der Waals surface area (Å²) in [7, 11) is 0. The van der Waals surface area contributed by atoms with E-state index in [0.29, 0.717) is 5.69 Å². The standard InChI is InChI=1S/C25H16Br3NO2/c1-13-10-11-14(12-19(13)26)29-22(30)20-21(23(29)31)25(28)16-7-3-2-6-15(16)24(20,27)17-8-4-5-9-18(17)25/h2-12,20-21H,1H3. The number of hydrogen-bond acceptors (Lipinski definition) is 2. The average Bonchev–Trinajstić information content (AvgIpc) is 3.05. The van der Waals surface area contributed by atoms with Crippen molar-refractivity contribution in [2.75, 3.05) is 4.90 Å². The highest BCUT2D eigenvalue weighted by atomic mass is 79.9. The molecular formula is C25H16Br3NO2. The first kappa shape index (κ1) is 19.9. The van der Waals surface area contributed by atoms with Crippen molar-refractivity contribution in [1.29, 1.82) is 0 Å². The van der Waals surface area contributed by atoms with E-state index in [1.54, 1.807) is 0 Å². The summed E-state index contributed by atoms with van der Waals surface area (Å²) in [5.41, 5.74) is 5.82. The minimum Gasteiger partial charge on any atom is -0.274 e. The molecule has 0 N–H and O–H groups in total. The zero-order chi connectivity index (χ0) is 21.7. The van der Waals surface area contributed by atoms with Gasteiger partial charge in [-0.25, -0.2) is 4.90 Å². The Kier molecular flexibility index (Phi) is 4.10. The zero-order valence-electron chi connectivity index (χ0n) is 16.4. The first-order valence-electron chi connectivity index (χ1n) is 10.0. The highest BCUT2D eigenvalue weighted by Crippen LogP contribution is 2.70. The summed E-state index contributed by atoms with van der Waals surface area (Å²) in [5, 5.41) is 0. The van der Waals surface area contributed by atoms with Gasteiger partial charge in [0.15, 0.2) is 0 Å². The molecule has 1 heterocycles. The second-order valence-corrected chi connectivity index (χ2v) is 11.8. The van der Waals surface area contributed by atoms with Crippen molar-refractivity contribution in [3.05, 3.63) is 99.0 Å². The molecule has 4 aliphatic rings. The smallest absolute Gasteiger partial charge is 0.239 e. The molecule has 0 saturated carbocycles. The van der Waals surface area contributed by atoms with Crippen LogP contribution in [0.2, 0.25) is 0 Å². The number of hydrogen-bond donors (Lipinski definition) is 0. The van der Waals surface area contributed by atoms with Gasteiger partial charge in [0.2, 0.25) is 11.8 Å². The molecule has 2 atom stereocenters. The Morgan fingerprint density at radius 3 is 1.55 bits per heavy atom. The number of rotatable bonds is 1. The summed E-state index contributed by atoms with van der Waals surface area (Å²) < 4.78 is -0.648. The lowest BCUT2D eigenvalue weighted by Gasteiger charge is -2.55. The molecule has 31 heavy (non-hydrogen) atoms. The van der Waals surface area contributed by atoms with Crippen molar-refractivity contribution >= 4 is 65.3 Å². The summed E-state index contributed by atoms with van der Waals surface area (Å²) >= 11 is 11.6. The molecule has 2 unspecified atom stereocenters. The third kappa shape index (κ3) is 2.24. The summed E-state index contributed by atoms with van der Waals surface area (Å²) in [5.74, 6) is -1.44. The molecule has 7 rings (SSSR count). The minimum atomic E-state index is -0.760. The van der Waals surface area contributed by atoms with Crippen molar-refractivity contribution in [1.82, 2.24) is 0 Å². The third-order valence-corrected chi connectivity index (χ3v) is 10.5. The summed E-state index contributed by atoms with van der Waals surface area (Å²) in [6.45, 7) is 1.98. The maximum atomic E-state index is 13.9. The molecular weight excluding hydrogens is 586 g/mol. The monoisotopic (exact) mass is 599 g/mol. The van der Waals surface area contributed by atoms with E-state index in [9.17, 15) is 9.59 Å². The van der Waals surface area contributed by atoms with Crippen LogP contribution < -0.4 is 4.90 Å². The van der Waals surface area contributed by atoms with Crippen molar-refractivity contribution < 1.29 is 9.59 Å². The van der Waals surface area contributed by atoms with Gasteiger partial charge in [0.05, 0.1) is 26.2 Å². The number of anilines is 1. The number of amides is 2. The van der Waals surface area contributed by atoms with Crippen LogP contribution in [0.4, 0.5) is 5.69 Å². The van der Waals surface area contributed by atoms with Crippen molar-refractivity contribution in [2.45, 2.75) is 15.6 Å². The van der Waals surface area contributed by atoms with Gasteiger partial charge in [0.25, 0.3) is 0 Å². The molecule has 0 radical (unpaired) electrons. The topological polar surface area (TPSA) is 37.4 Å². The average molecular weight is 602 g/mol. The maximum Gasteiger partial charge on any atom is 0.239 e. The number of halogens is 3. The number of nitrogens with zero attached hydrogens (tertiary/aromatic N) is 1. The number of carbonyl (C=O) groups excluding carboxylic acids is 2. The van der Waals surface area contributed by atoms with E-state index in [4.69, 9.17) is 0 Å². The Morgan fingerprint density at radius 1 is 0.742 bits per heavy atom. The molecule has 1 fully saturated rings. The van der Waals surface area contributed by atoms with Crippen LogP contribution in [-0.2, 0) is 18.2 Å². The van der Waals surface area contributed by atoms with Gasteiger partial charge < -0.3 is 0 Å². The lowest BCUT2D eigenvalue weighted by Crippen LogP contribution is -2.56. The highest BCUT2D eigenvalue weighted by molar-refractivity contribution is 9.10. The van der Waals surface area contributed by atoms with Crippen molar-refractivity contribution in [3.8, 4) is 0 Å². The summed E-state index contributed by atoms with van der Waals surface area (Å²) in [6.07, 6.45) is 0. The van der Waals surface area contributed by atoms with E-state index in [1.165, 1.54) is 4.90 Å². The number of benzene rings is 3. The molecule has 2 amide bonds. The van der Waals surface area contributed by atoms with Crippen molar-refractivity contribution in [2.24, 2.45) is 11.8 Å². The van der Waals surface area contributed by atoms with E-state index < -0.39 is 20.5 Å². The van der Waals surface area contributed by atoms with E-state index in [1.807, 2.05) is 49.4 Å². The van der Waals surface area contributed by atoms with E-state index in [-0.39, 0.29) is 11.8 Å². The van der Waals surface area contributed by atoms with Crippen LogP contribution in [0.1, 0.15) is 27.8 Å². The molecule has 3 nitrogen and oxygen atoms in total. The number of aryl methyl sites for hydroxylation is 1. The molecule has 154 valence electrons. The Labute approximate surface area is 205 Å². The number of alkyl halides is 2. The van der Waals surface area contributed by atoms with Gasteiger partial charge in [-0.05, 0) is 46.9 Å². The highest BCUT2D eigenvalue weighted by Gasteiger charge is 2.72. The molecule has 1 saturated heterocycles. The summed E-state index contributed by atoms with van der Waals surface area (Å²) in [4.78, 5) is 29.3. The molecule has 3 aliphatic carbocycles. The van der Waals surface area contributed by atoms with E-state index in [0.717, 1.165) is 32.3 Å². The summed E-state index contributed by atoms with van der Waals surface area (Å²) in [6, 6.07) is 21.9. The predicted octanol–water partition coefficient (Wildman–Crippen LogP) is 6.17. The Morgan fingerprint density at radius 2 is 1.16 bits per heavy atom. The van der Waals surface area contributed by atoms with Gasteiger partial charge in [-0.15, -0.1) is 0 Å². The lowest BCUT2D eigenvalue weighted by molar-refractivity contribution is -0.122. The molecule has 6 heteroatoms. The number of imide groups is 1. The molecule has 3 aromatic rings. The van der Waals surface area contributed by atoms with Gasteiger partial charge in [0, 0.05) is 4.47 Å². The quantitative estimate of drug-likeness (QED) is 0.247. The van der Waals surface area contributed by atoms with Gasteiger partial charge >= 0.3 is 0 Å². The van der Waals surface area contributed by atoms with Crippen LogP contribution in [0.25, 0.3) is 0 Å². The SMILES string of the molecule is Cc1ccc(N2C(=O)C3C(C2=O)C2(Br)c4ccccc4C3(Br)c3ccccc32)cc1Br. The molecule has 3 aromatic carbocycles. The molecule has 2 bridgehead atoms. The minimum absolute atomic E-state index is 0.171. The maximum absolute atomic E-state index is 13.9. The predicted molar refractivity (Wildman–Crippen MR) is 131 cm³/mol. The second kappa shape index (κ2) is 6.40. The van der Waals surface area contributed by atoms with Gasteiger partial charge in [0.1, 0.15) is 0 Å². The van der Waals surface area contributed by atoms with Gasteiger partial charge in [-0.1, -0.05) is 102 Å². The molecule has 0 spiro atoms. The van der Waals surface area contributed by atoms with Crippen molar-refractivity contribution in [3.63, 3.8) is 0 Å². The molecule has 1 aliphatic heterocycles. The fraction of sp³-hybridized carbons (Fsp3) is 0.200. The zero-order valence-corrected chi connectivity index (χ0v) is 21.2. The van der Waals surface area contributed by atoms with Crippen LogP contribution in [0.3, 0.4) is 0 Å². The lowest BCUT2D eigenvalue weighted by atomic mass is 9.54. The Balaban J connectivity index is 1.65. The third-order valence-electron chi connectivity index (χ3n) is 7.00. The van der Waals surface area contributed by atoms with E-state index >= 15 is 0 Å². The first-order chi connectivity index (χ1) is 14.8. The fourth-order valence-corrected chi connectivity index (χ4v) is 8.31. The van der Waals surface area contributed by atoms with Crippen LogP contribution in [0.15, 0.2) is 71.2 Å². The van der Waals surface area contributed by atoms with E-state index in [2.05, 4.69) is 72.1 Å². The Bertz CT molecular complexity index is 1200. The van der Waals surface area contributed by atoms with Crippen LogP contribution >= 0.6 is 47.8 Å². The van der Waals surface area contributed by atoms with Gasteiger partial charge in [-0.3, -0.25) is 9.59 Å². The molecule has 0 aromatic heterocycles. The van der Waals surface area contributed by atoms with Crippen LogP contribution in [0, 0.1) is 18.8 Å².